The van der Waals surface area contributed by atoms with Crippen molar-refractivity contribution < 1.29 is 0 Å². The Morgan fingerprint density at radius 2 is 1.77 bits per heavy atom. The van der Waals surface area contributed by atoms with E-state index in [1.54, 1.807) is 0 Å². The van der Waals surface area contributed by atoms with Crippen molar-refractivity contribution in [3.63, 3.8) is 0 Å². The summed E-state index contributed by atoms with van der Waals surface area (Å²) in [5, 5.41) is 0. The third-order valence-corrected chi connectivity index (χ3v) is 2.26. The zero-order chi connectivity index (χ0) is 10.3. The monoisotopic (exact) mass is 178 g/mol. The Hall–Kier alpha value is -0.780. The van der Waals surface area contributed by atoms with Gasteiger partial charge in [-0.3, -0.25) is 0 Å². The molecular formula is C13H22. The summed E-state index contributed by atoms with van der Waals surface area (Å²) in [4.78, 5) is 0. The fourth-order valence-corrected chi connectivity index (χ4v) is 1.23. The molecule has 0 saturated carbocycles. The molecule has 0 aromatic carbocycles. The van der Waals surface area contributed by atoms with Gasteiger partial charge in [0.15, 0.2) is 0 Å². The molecule has 0 amide bonds. The summed E-state index contributed by atoms with van der Waals surface area (Å²) in [7, 11) is 0. The first-order chi connectivity index (χ1) is 6.15. The zero-order valence-electron chi connectivity index (χ0n) is 9.43. The van der Waals surface area contributed by atoms with Crippen molar-refractivity contribution >= 4 is 0 Å². The van der Waals surface area contributed by atoms with Crippen molar-refractivity contribution in [2.45, 2.75) is 40.5 Å². The number of hydrogen-bond donors (Lipinski definition) is 0. The number of allylic oxidation sites excluding steroid dienone is 5. The molecule has 0 rings (SSSR count). The van der Waals surface area contributed by atoms with Crippen molar-refractivity contribution in [3.05, 3.63) is 36.0 Å². The average Bonchev–Trinajstić information content (AvgIpc) is 2.11. The van der Waals surface area contributed by atoms with Gasteiger partial charge in [-0.1, -0.05) is 58.1 Å². The lowest BCUT2D eigenvalue weighted by Crippen LogP contribution is -1.92. The van der Waals surface area contributed by atoms with Crippen LogP contribution < -0.4 is 0 Å². The first-order valence-corrected chi connectivity index (χ1v) is 5.17. The van der Waals surface area contributed by atoms with E-state index < -0.39 is 0 Å². The predicted molar refractivity (Wildman–Crippen MR) is 61.8 cm³/mol. The Labute approximate surface area is 83.0 Å². The van der Waals surface area contributed by atoms with Crippen molar-refractivity contribution in [1.29, 1.82) is 0 Å². The smallest absolute Gasteiger partial charge is 0.0219 e. The van der Waals surface area contributed by atoms with Crippen LogP contribution in [0.4, 0.5) is 0 Å². The molecule has 0 spiro atoms. The molecule has 0 heterocycles. The quantitative estimate of drug-likeness (QED) is 0.544. The molecule has 0 N–H and O–H groups in total. The normalized spacial score (nSPS) is 11.6. The van der Waals surface area contributed by atoms with Gasteiger partial charge in [0.25, 0.3) is 0 Å². The van der Waals surface area contributed by atoms with E-state index in [1.807, 2.05) is 6.08 Å². The van der Waals surface area contributed by atoms with Gasteiger partial charge in [-0.25, -0.2) is 0 Å². The zero-order valence-corrected chi connectivity index (χ0v) is 9.43. The molecule has 0 atom stereocenters. The van der Waals surface area contributed by atoms with Crippen LogP contribution in [0.3, 0.4) is 0 Å². The lowest BCUT2D eigenvalue weighted by molar-refractivity contribution is 0.785. The Morgan fingerprint density at radius 3 is 2.08 bits per heavy atom. The van der Waals surface area contributed by atoms with Crippen LogP contribution in [-0.4, -0.2) is 0 Å². The van der Waals surface area contributed by atoms with Crippen LogP contribution in [0.1, 0.15) is 40.5 Å². The molecule has 0 aromatic rings. The highest BCUT2D eigenvalue weighted by molar-refractivity contribution is 5.28. The highest BCUT2D eigenvalue weighted by Crippen LogP contribution is 2.16. The highest BCUT2D eigenvalue weighted by atomic mass is 14.1. The molecule has 0 heteroatoms. The minimum Gasteiger partial charge on any atom is -0.0991 e. The fourth-order valence-electron chi connectivity index (χ4n) is 1.23. The van der Waals surface area contributed by atoms with E-state index in [0.717, 1.165) is 12.8 Å². The van der Waals surface area contributed by atoms with Crippen LogP contribution in [-0.2, 0) is 0 Å². The van der Waals surface area contributed by atoms with Gasteiger partial charge in [0, 0.05) is 0 Å². The summed E-state index contributed by atoms with van der Waals surface area (Å²) < 4.78 is 0. The molecule has 0 aromatic heterocycles. The van der Waals surface area contributed by atoms with Crippen LogP contribution in [0, 0.1) is 5.92 Å². The van der Waals surface area contributed by atoms with Gasteiger partial charge < -0.3 is 0 Å². The first kappa shape index (κ1) is 12.2. The standard InChI is InChI=1S/C13H22/c1-6-9-13(11(4)5)10-12(7-2)8-3/h6,9-11H,1,7-8H2,2-5H3/b13-9+. The van der Waals surface area contributed by atoms with E-state index in [9.17, 15) is 0 Å². The van der Waals surface area contributed by atoms with Gasteiger partial charge in [-0.05, 0) is 24.3 Å². The second-order valence-electron chi connectivity index (χ2n) is 3.57. The summed E-state index contributed by atoms with van der Waals surface area (Å²) in [5.41, 5.74) is 2.90. The lowest BCUT2D eigenvalue weighted by atomic mass is 9.98. The van der Waals surface area contributed by atoms with Crippen LogP contribution in [0.2, 0.25) is 0 Å². The number of rotatable bonds is 5. The molecule has 0 fully saturated rings. The maximum absolute atomic E-state index is 3.74. The molecule has 0 radical (unpaired) electrons. The van der Waals surface area contributed by atoms with Crippen molar-refractivity contribution in [2.75, 3.05) is 0 Å². The highest BCUT2D eigenvalue weighted by Gasteiger charge is 1.99. The molecule has 0 nitrogen and oxygen atoms in total. The van der Waals surface area contributed by atoms with E-state index in [-0.39, 0.29) is 0 Å². The van der Waals surface area contributed by atoms with Gasteiger partial charge in [0.1, 0.15) is 0 Å². The third-order valence-electron chi connectivity index (χ3n) is 2.26. The molecule has 0 aliphatic rings. The summed E-state index contributed by atoms with van der Waals surface area (Å²) in [6.07, 6.45) is 8.59. The molecule has 0 aliphatic carbocycles. The van der Waals surface area contributed by atoms with Gasteiger partial charge in [0.2, 0.25) is 0 Å². The van der Waals surface area contributed by atoms with E-state index >= 15 is 0 Å². The summed E-state index contributed by atoms with van der Waals surface area (Å²) in [6.45, 7) is 12.6. The molecule has 74 valence electrons. The SMILES string of the molecule is C=C/C=C(\C=C(CC)CC)C(C)C. The topological polar surface area (TPSA) is 0 Å². The minimum atomic E-state index is 0.589. The largest absolute Gasteiger partial charge is 0.0991 e. The lowest BCUT2D eigenvalue weighted by Gasteiger charge is -2.08. The molecule has 0 saturated heterocycles. The van der Waals surface area contributed by atoms with Gasteiger partial charge in [0.05, 0.1) is 0 Å². The number of hydrogen-bond acceptors (Lipinski definition) is 0. The third kappa shape index (κ3) is 4.72. The predicted octanol–water partition coefficient (Wildman–Crippen LogP) is 4.50. The second kappa shape index (κ2) is 6.71. The molecule has 13 heavy (non-hydrogen) atoms. The summed E-state index contributed by atoms with van der Waals surface area (Å²) in [5.74, 6) is 0.589. The van der Waals surface area contributed by atoms with Gasteiger partial charge in [-0.2, -0.15) is 0 Å². The maximum atomic E-state index is 3.74. The van der Waals surface area contributed by atoms with Gasteiger partial charge in [-0.15, -0.1) is 0 Å². The molecule has 0 aliphatic heterocycles. The summed E-state index contributed by atoms with van der Waals surface area (Å²) >= 11 is 0. The maximum Gasteiger partial charge on any atom is -0.0219 e. The molecule has 0 unspecified atom stereocenters. The van der Waals surface area contributed by atoms with Crippen LogP contribution >= 0.6 is 0 Å². The second-order valence-corrected chi connectivity index (χ2v) is 3.57. The Balaban J connectivity index is 4.66. The molecular weight excluding hydrogens is 156 g/mol. The van der Waals surface area contributed by atoms with E-state index in [0.29, 0.717) is 5.92 Å². The van der Waals surface area contributed by atoms with E-state index in [1.165, 1.54) is 11.1 Å². The van der Waals surface area contributed by atoms with E-state index in [4.69, 9.17) is 0 Å². The van der Waals surface area contributed by atoms with Crippen LogP contribution in [0.5, 0.6) is 0 Å². The van der Waals surface area contributed by atoms with Gasteiger partial charge >= 0.3 is 0 Å². The minimum absolute atomic E-state index is 0.589. The average molecular weight is 178 g/mol. The van der Waals surface area contributed by atoms with Crippen LogP contribution in [0.15, 0.2) is 36.0 Å². The van der Waals surface area contributed by atoms with E-state index in [2.05, 4.69) is 46.4 Å². The Kier molecular flexibility index (Phi) is 6.30. The Bertz CT molecular complexity index is 198. The van der Waals surface area contributed by atoms with Crippen LogP contribution in [0.25, 0.3) is 0 Å². The van der Waals surface area contributed by atoms with Crippen molar-refractivity contribution in [3.8, 4) is 0 Å². The van der Waals surface area contributed by atoms with Crippen molar-refractivity contribution in [1.82, 2.24) is 0 Å². The molecule has 0 bridgehead atoms. The first-order valence-electron chi connectivity index (χ1n) is 5.17. The van der Waals surface area contributed by atoms with Crippen molar-refractivity contribution in [2.24, 2.45) is 5.92 Å². The fraction of sp³-hybridized carbons (Fsp3) is 0.538. The Morgan fingerprint density at radius 1 is 1.23 bits per heavy atom. The summed E-state index contributed by atoms with van der Waals surface area (Å²) in [6, 6.07) is 0.